The van der Waals surface area contributed by atoms with Crippen LogP contribution in [0.4, 0.5) is 5.69 Å². The Labute approximate surface area is 131 Å². The molecule has 1 aromatic heterocycles. The van der Waals surface area contributed by atoms with E-state index in [1.807, 2.05) is 0 Å². The Morgan fingerprint density at radius 1 is 1.43 bits per heavy atom. The van der Waals surface area contributed by atoms with Crippen LogP contribution in [-0.2, 0) is 0 Å². The van der Waals surface area contributed by atoms with Crippen molar-refractivity contribution >= 4 is 45.3 Å². The third-order valence-corrected chi connectivity index (χ3v) is 3.07. The maximum Gasteiger partial charge on any atom is 0.307 e. The van der Waals surface area contributed by atoms with Crippen molar-refractivity contribution in [2.75, 3.05) is 0 Å². The maximum atomic E-state index is 11.6. The first-order valence-corrected chi connectivity index (χ1v) is 6.67. The predicted molar refractivity (Wildman–Crippen MR) is 79.6 cm³/mol. The van der Waals surface area contributed by atoms with Crippen molar-refractivity contribution in [2.24, 2.45) is 5.10 Å². The van der Waals surface area contributed by atoms with E-state index in [9.17, 15) is 14.9 Å². The number of benzene rings is 1. The summed E-state index contributed by atoms with van der Waals surface area (Å²) in [5.41, 5.74) is 2.57. The van der Waals surface area contributed by atoms with Crippen molar-refractivity contribution in [3.63, 3.8) is 0 Å². The SMILES string of the molecule is O=C(N/N=C\c1ccc([N+](=O)[O-])c(Cl)c1)c1ccc(Br)o1. The number of nitrogens with one attached hydrogen (secondary N) is 1. The van der Waals surface area contributed by atoms with Gasteiger partial charge in [-0.1, -0.05) is 11.6 Å². The molecule has 0 spiro atoms. The first-order valence-electron chi connectivity index (χ1n) is 5.50. The second-order valence-electron chi connectivity index (χ2n) is 3.77. The Morgan fingerprint density at radius 3 is 2.76 bits per heavy atom. The number of nitro benzene ring substituents is 1. The predicted octanol–water partition coefficient (Wildman–Crippen LogP) is 3.37. The molecule has 0 aliphatic rings. The van der Waals surface area contributed by atoms with E-state index in [1.54, 1.807) is 6.07 Å². The molecular weight excluding hydrogens is 366 g/mol. The highest BCUT2D eigenvalue weighted by Crippen LogP contribution is 2.24. The van der Waals surface area contributed by atoms with Gasteiger partial charge >= 0.3 is 5.91 Å². The van der Waals surface area contributed by atoms with E-state index in [0.29, 0.717) is 10.2 Å². The fourth-order valence-electron chi connectivity index (χ4n) is 1.41. The Hall–Kier alpha value is -2.19. The number of hydrazone groups is 1. The second kappa shape index (κ2) is 6.51. The quantitative estimate of drug-likeness (QED) is 0.505. The van der Waals surface area contributed by atoms with E-state index < -0.39 is 10.8 Å². The van der Waals surface area contributed by atoms with Gasteiger partial charge < -0.3 is 4.42 Å². The van der Waals surface area contributed by atoms with Gasteiger partial charge in [-0.25, -0.2) is 5.43 Å². The molecular formula is C12H7BrClN3O4. The van der Waals surface area contributed by atoms with E-state index in [0.717, 1.165) is 0 Å². The topological polar surface area (TPSA) is 97.7 Å². The van der Waals surface area contributed by atoms with Gasteiger partial charge in [-0.05, 0) is 45.8 Å². The van der Waals surface area contributed by atoms with E-state index in [-0.39, 0.29) is 16.5 Å². The fourth-order valence-corrected chi connectivity index (χ4v) is 1.97. The molecule has 0 saturated heterocycles. The van der Waals surface area contributed by atoms with Crippen LogP contribution < -0.4 is 5.43 Å². The Kier molecular flexibility index (Phi) is 4.71. The summed E-state index contributed by atoms with van der Waals surface area (Å²) in [6.07, 6.45) is 1.31. The highest BCUT2D eigenvalue weighted by Gasteiger charge is 2.11. The summed E-state index contributed by atoms with van der Waals surface area (Å²) < 4.78 is 5.47. The standard InChI is InChI=1S/C12H7BrClN3O4/c13-11-4-3-10(21-11)12(18)16-15-6-7-1-2-9(17(19)20)8(14)5-7/h1-6H,(H,16,18)/b15-6-. The zero-order chi connectivity index (χ0) is 15.4. The Morgan fingerprint density at radius 2 is 2.19 bits per heavy atom. The van der Waals surface area contributed by atoms with E-state index in [2.05, 4.69) is 26.5 Å². The van der Waals surface area contributed by atoms with Crippen molar-refractivity contribution in [3.8, 4) is 0 Å². The molecule has 0 fully saturated rings. The summed E-state index contributed by atoms with van der Waals surface area (Å²) in [4.78, 5) is 21.6. The monoisotopic (exact) mass is 371 g/mol. The minimum absolute atomic E-state index is 0.00904. The minimum Gasteiger partial charge on any atom is -0.444 e. The van der Waals surface area contributed by atoms with Crippen LogP contribution in [0.15, 0.2) is 44.5 Å². The summed E-state index contributed by atoms with van der Waals surface area (Å²) in [5.74, 6) is -0.425. The average molecular weight is 373 g/mol. The van der Waals surface area contributed by atoms with Crippen LogP contribution in [0.25, 0.3) is 0 Å². The van der Waals surface area contributed by atoms with Crippen LogP contribution in [0.5, 0.6) is 0 Å². The van der Waals surface area contributed by atoms with Gasteiger partial charge in [0, 0.05) is 6.07 Å². The molecule has 2 rings (SSSR count). The van der Waals surface area contributed by atoms with Crippen molar-refractivity contribution in [3.05, 3.63) is 61.5 Å². The molecule has 1 heterocycles. The van der Waals surface area contributed by atoms with Crippen LogP contribution in [-0.4, -0.2) is 17.0 Å². The van der Waals surface area contributed by atoms with E-state index >= 15 is 0 Å². The smallest absolute Gasteiger partial charge is 0.307 e. The van der Waals surface area contributed by atoms with Crippen LogP contribution in [0.3, 0.4) is 0 Å². The summed E-state index contributed by atoms with van der Waals surface area (Å²) in [5, 5.41) is 14.3. The summed E-state index contributed by atoms with van der Waals surface area (Å²) in [7, 11) is 0. The summed E-state index contributed by atoms with van der Waals surface area (Å²) >= 11 is 8.83. The molecule has 0 aliphatic carbocycles. The van der Waals surface area contributed by atoms with Crippen LogP contribution >= 0.6 is 27.5 Å². The number of hydrogen-bond acceptors (Lipinski definition) is 5. The Bertz CT molecular complexity index is 729. The van der Waals surface area contributed by atoms with Gasteiger partial charge in [0.1, 0.15) is 5.02 Å². The molecule has 1 aromatic carbocycles. The van der Waals surface area contributed by atoms with Gasteiger partial charge in [0.05, 0.1) is 11.1 Å². The third kappa shape index (κ3) is 3.89. The maximum absolute atomic E-state index is 11.6. The molecule has 1 N–H and O–H groups in total. The molecule has 1 amide bonds. The number of nitrogens with zero attached hydrogens (tertiary/aromatic N) is 2. The number of nitro groups is 1. The van der Waals surface area contributed by atoms with Crippen molar-refractivity contribution in [2.45, 2.75) is 0 Å². The minimum atomic E-state index is -0.584. The third-order valence-electron chi connectivity index (χ3n) is 2.35. The summed E-state index contributed by atoms with van der Waals surface area (Å²) in [6, 6.07) is 7.16. The van der Waals surface area contributed by atoms with Crippen LogP contribution in [0.1, 0.15) is 16.1 Å². The molecule has 7 nitrogen and oxygen atoms in total. The van der Waals surface area contributed by atoms with Crippen molar-refractivity contribution in [1.82, 2.24) is 5.43 Å². The number of amides is 1. The largest absolute Gasteiger partial charge is 0.444 e. The second-order valence-corrected chi connectivity index (χ2v) is 4.96. The molecule has 108 valence electrons. The van der Waals surface area contributed by atoms with Gasteiger partial charge in [-0.3, -0.25) is 14.9 Å². The molecule has 0 radical (unpaired) electrons. The number of furan rings is 1. The summed E-state index contributed by atoms with van der Waals surface area (Å²) in [6.45, 7) is 0. The lowest BCUT2D eigenvalue weighted by molar-refractivity contribution is -0.384. The van der Waals surface area contributed by atoms with Gasteiger partial charge in [0.25, 0.3) is 5.69 Å². The van der Waals surface area contributed by atoms with E-state index in [1.165, 1.54) is 30.5 Å². The zero-order valence-corrected chi connectivity index (χ0v) is 12.6. The van der Waals surface area contributed by atoms with Gasteiger partial charge in [0.15, 0.2) is 10.4 Å². The van der Waals surface area contributed by atoms with Crippen LogP contribution in [0.2, 0.25) is 5.02 Å². The molecule has 0 atom stereocenters. The molecule has 0 unspecified atom stereocenters. The number of halogens is 2. The highest BCUT2D eigenvalue weighted by molar-refractivity contribution is 9.10. The molecule has 0 saturated carbocycles. The zero-order valence-electron chi connectivity index (χ0n) is 10.2. The van der Waals surface area contributed by atoms with Gasteiger partial charge in [-0.2, -0.15) is 5.10 Å². The van der Waals surface area contributed by atoms with E-state index in [4.69, 9.17) is 16.0 Å². The first-order chi connectivity index (χ1) is 9.97. The molecule has 9 heteroatoms. The number of hydrogen-bond donors (Lipinski definition) is 1. The van der Waals surface area contributed by atoms with Gasteiger partial charge in [-0.15, -0.1) is 0 Å². The average Bonchev–Trinajstić information content (AvgIpc) is 2.85. The molecule has 21 heavy (non-hydrogen) atoms. The first kappa shape index (κ1) is 15.2. The lowest BCUT2D eigenvalue weighted by Gasteiger charge is -1.98. The lowest BCUT2D eigenvalue weighted by Crippen LogP contribution is -2.16. The lowest BCUT2D eigenvalue weighted by atomic mass is 10.2. The number of carbonyl (C=O) groups excluding carboxylic acids is 1. The Balaban J connectivity index is 2.03. The van der Waals surface area contributed by atoms with Crippen molar-refractivity contribution in [1.29, 1.82) is 0 Å². The fraction of sp³-hybridized carbons (Fsp3) is 0. The van der Waals surface area contributed by atoms with Gasteiger partial charge in [0.2, 0.25) is 0 Å². The number of rotatable bonds is 4. The van der Waals surface area contributed by atoms with Crippen LogP contribution in [0, 0.1) is 10.1 Å². The molecule has 0 bridgehead atoms. The molecule has 2 aromatic rings. The normalized spacial score (nSPS) is 10.8. The molecule has 0 aliphatic heterocycles. The van der Waals surface area contributed by atoms with Crippen molar-refractivity contribution < 1.29 is 14.1 Å². The highest BCUT2D eigenvalue weighted by atomic mass is 79.9. The number of carbonyl (C=O) groups is 1.